The lowest BCUT2D eigenvalue weighted by Gasteiger charge is -2.20. The van der Waals surface area contributed by atoms with Crippen molar-refractivity contribution in [2.45, 2.75) is 52.1 Å². The van der Waals surface area contributed by atoms with E-state index in [4.69, 9.17) is 11.6 Å². The van der Waals surface area contributed by atoms with Crippen molar-refractivity contribution in [3.05, 3.63) is 33.3 Å². The molecule has 0 aromatic heterocycles. The van der Waals surface area contributed by atoms with Gasteiger partial charge in [-0.3, -0.25) is 0 Å². The van der Waals surface area contributed by atoms with E-state index in [0.29, 0.717) is 10.9 Å². The normalized spacial score (nSPS) is 14.5. The Balaban J connectivity index is 2.67. The molecule has 2 unspecified atom stereocenters. The predicted molar refractivity (Wildman–Crippen MR) is 82.0 cm³/mol. The summed E-state index contributed by atoms with van der Waals surface area (Å²) >= 11 is 9.56. The van der Waals surface area contributed by atoms with E-state index in [9.17, 15) is 5.11 Å². The second-order valence-electron chi connectivity index (χ2n) is 4.83. The highest BCUT2D eigenvalue weighted by Gasteiger charge is 2.17. The van der Waals surface area contributed by atoms with Crippen LogP contribution in [0.2, 0.25) is 5.02 Å². The molecule has 18 heavy (non-hydrogen) atoms. The Bertz CT molecular complexity index is 368. The van der Waals surface area contributed by atoms with E-state index in [1.807, 2.05) is 18.2 Å². The van der Waals surface area contributed by atoms with Gasteiger partial charge in [0.2, 0.25) is 0 Å². The molecule has 1 aromatic rings. The highest BCUT2D eigenvalue weighted by molar-refractivity contribution is 9.10. The number of halogens is 2. The largest absolute Gasteiger partial charge is 0.388 e. The van der Waals surface area contributed by atoms with Crippen molar-refractivity contribution < 1.29 is 5.11 Å². The third kappa shape index (κ3) is 4.91. The molecule has 0 aliphatic heterocycles. The van der Waals surface area contributed by atoms with Gasteiger partial charge in [0.1, 0.15) is 0 Å². The molecule has 0 saturated carbocycles. The minimum absolute atomic E-state index is 0.461. The van der Waals surface area contributed by atoms with Gasteiger partial charge in [-0.15, -0.1) is 0 Å². The number of hydrogen-bond donors (Lipinski definition) is 1. The summed E-state index contributed by atoms with van der Waals surface area (Å²) in [7, 11) is 0. The van der Waals surface area contributed by atoms with Gasteiger partial charge in [-0.2, -0.15) is 0 Å². The van der Waals surface area contributed by atoms with Crippen LogP contribution in [0, 0.1) is 5.92 Å². The van der Waals surface area contributed by atoms with Crippen molar-refractivity contribution in [2.24, 2.45) is 5.92 Å². The molecule has 1 aromatic carbocycles. The molecule has 0 radical (unpaired) electrons. The fraction of sp³-hybridized carbons (Fsp3) is 0.600. The Labute approximate surface area is 124 Å². The fourth-order valence-electron chi connectivity index (χ4n) is 2.19. The maximum atomic E-state index is 10.3. The molecule has 2 atom stereocenters. The molecule has 0 saturated heterocycles. The van der Waals surface area contributed by atoms with Crippen LogP contribution in [0.25, 0.3) is 0 Å². The van der Waals surface area contributed by atoms with Crippen LogP contribution >= 0.6 is 27.5 Å². The highest BCUT2D eigenvalue weighted by atomic mass is 79.9. The Hall–Kier alpha value is -0.0500. The molecular formula is C15H22BrClO. The standard InChI is InChI=1S/C15H22BrClO/c1-3-5-6-11(4-2)9-15(18)13-10-12(16)7-8-14(13)17/h7-8,10-11,15,18H,3-6,9H2,1-2H3. The molecule has 1 N–H and O–H groups in total. The number of hydrogen-bond acceptors (Lipinski definition) is 1. The van der Waals surface area contributed by atoms with Gasteiger partial charge < -0.3 is 5.11 Å². The first-order valence-electron chi connectivity index (χ1n) is 6.71. The summed E-state index contributed by atoms with van der Waals surface area (Å²) in [4.78, 5) is 0. The first-order chi connectivity index (χ1) is 8.58. The van der Waals surface area contributed by atoms with Crippen LogP contribution in [-0.4, -0.2) is 5.11 Å². The summed E-state index contributed by atoms with van der Waals surface area (Å²) in [6.07, 6.45) is 5.09. The van der Waals surface area contributed by atoms with Gasteiger partial charge in [0.15, 0.2) is 0 Å². The molecule has 0 fully saturated rings. The van der Waals surface area contributed by atoms with Gasteiger partial charge in [0.05, 0.1) is 6.10 Å². The Kier molecular flexibility index (Phi) is 7.28. The summed E-state index contributed by atoms with van der Waals surface area (Å²) in [6, 6.07) is 5.64. The Morgan fingerprint density at radius 3 is 2.67 bits per heavy atom. The molecule has 3 heteroatoms. The summed E-state index contributed by atoms with van der Waals surface area (Å²) in [6.45, 7) is 4.39. The van der Waals surface area contributed by atoms with Crippen LogP contribution in [0.3, 0.4) is 0 Å². The highest BCUT2D eigenvalue weighted by Crippen LogP contribution is 2.32. The molecule has 0 aliphatic rings. The predicted octanol–water partition coefficient (Wildman–Crippen LogP) is 5.74. The maximum absolute atomic E-state index is 10.3. The molecule has 0 spiro atoms. The first kappa shape index (κ1) is 16.0. The van der Waals surface area contributed by atoms with Crippen molar-refractivity contribution >= 4 is 27.5 Å². The van der Waals surface area contributed by atoms with Crippen LogP contribution < -0.4 is 0 Å². The summed E-state index contributed by atoms with van der Waals surface area (Å²) in [5.41, 5.74) is 0.834. The molecule has 0 bridgehead atoms. The monoisotopic (exact) mass is 332 g/mol. The average molecular weight is 334 g/mol. The van der Waals surface area contributed by atoms with Crippen molar-refractivity contribution in [3.8, 4) is 0 Å². The quantitative estimate of drug-likeness (QED) is 0.674. The van der Waals surface area contributed by atoms with E-state index in [1.165, 1.54) is 19.3 Å². The second-order valence-corrected chi connectivity index (χ2v) is 6.16. The molecular weight excluding hydrogens is 312 g/mol. The molecule has 0 heterocycles. The fourth-order valence-corrected chi connectivity index (χ4v) is 2.82. The number of rotatable bonds is 7. The van der Waals surface area contributed by atoms with E-state index in [1.54, 1.807) is 0 Å². The maximum Gasteiger partial charge on any atom is 0.0807 e. The van der Waals surface area contributed by atoms with Crippen LogP contribution in [-0.2, 0) is 0 Å². The van der Waals surface area contributed by atoms with E-state index in [-0.39, 0.29) is 0 Å². The zero-order chi connectivity index (χ0) is 13.5. The van der Waals surface area contributed by atoms with Gasteiger partial charge in [0, 0.05) is 15.1 Å². The van der Waals surface area contributed by atoms with Crippen LogP contribution in [0.15, 0.2) is 22.7 Å². The van der Waals surface area contributed by atoms with Gasteiger partial charge in [-0.05, 0) is 30.5 Å². The smallest absolute Gasteiger partial charge is 0.0807 e. The van der Waals surface area contributed by atoms with Crippen LogP contribution in [0.5, 0.6) is 0 Å². The summed E-state index contributed by atoms with van der Waals surface area (Å²) in [5.74, 6) is 0.579. The summed E-state index contributed by atoms with van der Waals surface area (Å²) in [5, 5.41) is 11.0. The van der Waals surface area contributed by atoms with E-state index in [0.717, 1.165) is 22.9 Å². The van der Waals surface area contributed by atoms with Crippen molar-refractivity contribution in [2.75, 3.05) is 0 Å². The molecule has 1 rings (SSSR count). The van der Waals surface area contributed by atoms with E-state index < -0.39 is 6.10 Å². The SMILES string of the molecule is CCCCC(CC)CC(O)c1cc(Br)ccc1Cl. The third-order valence-corrected chi connectivity index (χ3v) is 4.25. The number of unbranched alkanes of at least 4 members (excludes halogenated alkanes) is 1. The van der Waals surface area contributed by atoms with Gasteiger partial charge >= 0.3 is 0 Å². The third-order valence-electron chi connectivity index (χ3n) is 3.42. The van der Waals surface area contributed by atoms with Crippen molar-refractivity contribution in [1.82, 2.24) is 0 Å². The first-order valence-corrected chi connectivity index (χ1v) is 7.88. The minimum atomic E-state index is -0.461. The number of aliphatic hydroxyl groups excluding tert-OH is 1. The number of benzene rings is 1. The van der Waals surface area contributed by atoms with Crippen molar-refractivity contribution in [3.63, 3.8) is 0 Å². The van der Waals surface area contributed by atoms with E-state index >= 15 is 0 Å². The Morgan fingerprint density at radius 1 is 1.33 bits per heavy atom. The molecule has 1 nitrogen and oxygen atoms in total. The van der Waals surface area contributed by atoms with E-state index in [2.05, 4.69) is 29.8 Å². The average Bonchev–Trinajstić information content (AvgIpc) is 2.37. The Morgan fingerprint density at radius 2 is 2.06 bits per heavy atom. The molecule has 0 aliphatic carbocycles. The lowest BCUT2D eigenvalue weighted by molar-refractivity contribution is 0.139. The second kappa shape index (κ2) is 8.19. The lowest BCUT2D eigenvalue weighted by Crippen LogP contribution is -2.07. The topological polar surface area (TPSA) is 20.2 Å². The number of aliphatic hydroxyl groups is 1. The minimum Gasteiger partial charge on any atom is -0.388 e. The molecule has 0 amide bonds. The zero-order valence-electron chi connectivity index (χ0n) is 11.1. The molecule has 102 valence electrons. The zero-order valence-corrected chi connectivity index (χ0v) is 13.5. The van der Waals surface area contributed by atoms with Gasteiger partial charge in [-0.25, -0.2) is 0 Å². The summed E-state index contributed by atoms with van der Waals surface area (Å²) < 4.78 is 0.961. The van der Waals surface area contributed by atoms with Crippen LogP contribution in [0.4, 0.5) is 0 Å². The lowest BCUT2D eigenvalue weighted by atomic mass is 9.91. The van der Waals surface area contributed by atoms with Crippen molar-refractivity contribution in [1.29, 1.82) is 0 Å². The van der Waals surface area contributed by atoms with Gasteiger partial charge in [0.25, 0.3) is 0 Å². The van der Waals surface area contributed by atoms with Gasteiger partial charge in [-0.1, -0.05) is 67.1 Å². The van der Waals surface area contributed by atoms with Crippen LogP contribution in [0.1, 0.15) is 57.6 Å².